The van der Waals surface area contributed by atoms with Crippen LogP contribution in [0.25, 0.3) is 0 Å². The van der Waals surface area contributed by atoms with E-state index in [0.29, 0.717) is 0 Å². The van der Waals surface area contributed by atoms with Crippen molar-refractivity contribution in [2.75, 3.05) is 26.2 Å². The zero-order chi connectivity index (χ0) is 16.2. The van der Waals surface area contributed by atoms with E-state index in [1.165, 1.54) is 0 Å². The van der Waals surface area contributed by atoms with E-state index in [4.69, 9.17) is 0 Å². The summed E-state index contributed by atoms with van der Waals surface area (Å²) in [6, 6.07) is 11.1. The van der Waals surface area contributed by atoms with E-state index in [1.54, 1.807) is 12.3 Å². The van der Waals surface area contributed by atoms with E-state index in [9.17, 15) is 9.59 Å². The van der Waals surface area contributed by atoms with Gasteiger partial charge in [-0.05, 0) is 24.6 Å². The average molecular weight is 311 g/mol. The van der Waals surface area contributed by atoms with Gasteiger partial charge >= 0.3 is 0 Å². The average Bonchev–Trinajstić information content (AvgIpc) is 2.57. The minimum Gasteiger partial charge on any atom is -0.336 e. The summed E-state index contributed by atoms with van der Waals surface area (Å²) < 4.78 is 0. The van der Waals surface area contributed by atoms with Gasteiger partial charge in [0.25, 0.3) is 5.91 Å². The van der Waals surface area contributed by atoms with E-state index in [0.717, 1.165) is 49.4 Å². The van der Waals surface area contributed by atoms with Gasteiger partial charge in [-0.1, -0.05) is 23.8 Å². The molecule has 1 aliphatic heterocycles. The quantitative estimate of drug-likeness (QED) is 0.937. The normalized spacial score (nSPS) is 15.6. The van der Waals surface area contributed by atoms with E-state index < -0.39 is 0 Å². The maximum absolute atomic E-state index is 12.5. The topological polar surface area (TPSA) is 56.4 Å². The Morgan fingerprint density at radius 2 is 1.91 bits per heavy atom. The molecule has 1 N–H and O–H groups in total. The van der Waals surface area contributed by atoms with Crippen molar-refractivity contribution >= 4 is 5.91 Å². The molecule has 1 aliphatic rings. The van der Waals surface area contributed by atoms with Crippen molar-refractivity contribution in [2.24, 2.45) is 0 Å². The molecule has 120 valence electrons. The van der Waals surface area contributed by atoms with Crippen LogP contribution in [0.3, 0.4) is 0 Å². The van der Waals surface area contributed by atoms with Crippen molar-refractivity contribution < 1.29 is 4.79 Å². The summed E-state index contributed by atoms with van der Waals surface area (Å²) in [5, 5.41) is 0. The van der Waals surface area contributed by atoms with Crippen LogP contribution in [0.5, 0.6) is 0 Å². The molecule has 0 atom stereocenters. The van der Waals surface area contributed by atoms with Crippen LogP contribution in [0.2, 0.25) is 0 Å². The summed E-state index contributed by atoms with van der Waals surface area (Å²) in [7, 11) is 0. The highest BCUT2D eigenvalue weighted by atomic mass is 16.2. The smallest absolute Gasteiger partial charge is 0.253 e. The number of H-pyrrole nitrogens is 1. The molecule has 0 bridgehead atoms. The van der Waals surface area contributed by atoms with E-state index in [2.05, 4.69) is 9.88 Å². The number of hydrogen-bond donors (Lipinski definition) is 1. The molecule has 0 unspecified atom stereocenters. The molecule has 1 aromatic heterocycles. The van der Waals surface area contributed by atoms with Crippen LogP contribution in [0.1, 0.15) is 21.5 Å². The van der Waals surface area contributed by atoms with Crippen LogP contribution in [-0.2, 0) is 6.54 Å². The van der Waals surface area contributed by atoms with Crippen LogP contribution in [0, 0.1) is 6.92 Å². The van der Waals surface area contributed by atoms with Gasteiger partial charge < -0.3 is 9.88 Å². The fourth-order valence-electron chi connectivity index (χ4n) is 2.87. The number of hydrogen-bond acceptors (Lipinski definition) is 3. The van der Waals surface area contributed by atoms with Gasteiger partial charge in [0.05, 0.1) is 0 Å². The number of nitrogens with zero attached hydrogens (tertiary/aromatic N) is 2. The minimum atomic E-state index is -0.0812. The molecule has 5 heteroatoms. The molecule has 3 rings (SSSR count). The van der Waals surface area contributed by atoms with Gasteiger partial charge in [-0.3, -0.25) is 14.5 Å². The van der Waals surface area contributed by atoms with Crippen molar-refractivity contribution in [2.45, 2.75) is 13.5 Å². The van der Waals surface area contributed by atoms with Crippen molar-refractivity contribution in [1.82, 2.24) is 14.8 Å². The Labute approximate surface area is 135 Å². The number of benzene rings is 1. The Morgan fingerprint density at radius 1 is 1.13 bits per heavy atom. The number of carbonyl (C=O) groups is 1. The first kappa shape index (κ1) is 15.5. The SMILES string of the molecule is Cc1cccc(C(=O)N2CCN(Cc3ccc(=O)[nH]c3)CC2)c1. The summed E-state index contributed by atoms with van der Waals surface area (Å²) >= 11 is 0. The Balaban J connectivity index is 1.56. The second-order valence-electron chi connectivity index (χ2n) is 6.00. The van der Waals surface area contributed by atoms with Gasteiger partial charge in [0.2, 0.25) is 5.56 Å². The molecule has 1 aromatic carbocycles. The molecular weight excluding hydrogens is 290 g/mol. The molecule has 0 saturated carbocycles. The lowest BCUT2D eigenvalue weighted by molar-refractivity contribution is 0.0628. The molecule has 1 amide bonds. The number of pyridine rings is 1. The van der Waals surface area contributed by atoms with Gasteiger partial charge in [-0.25, -0.2) is 0 Å². The number of rotatable bonds is 3. The lowest BCUT2D eigenvalue weighted by atomic mass is 10.1. The van der Waals surface area contributed by atoms with Gasteiger partial charge in [-0.2, -0.15) is 0 Å². The largest absolute Gasteiger partial charge is 0.336 e. The van der Waals surface area contributed by atoms with Crippen LogP contribution in [-0.4, -0.2) is 46.9 Å². The van der Waals surface area contributed by atoms with Crippen LogP contribution in [0.4, 0.5) is 0 Å². The predicted molar refractivity (Wildman–Crippen MR) is 89.4 cm³/mol. The molecule has 23 heavy (non-hydrogen) atoms. The first-order valence-corrected chi connectivity index (χ1v) is 7.88. The van der Waals surface area contributed by atoms with Gasteiger partial charge in [0.15, 0.2) is 0 Å². The molecule has 1 fully saturated rings. The summed E-state index contributed by atoms with van der Waals surface area (Å²) in [5.74, 6) is 0.109. The monoisotopic (exact) mass is 311 g/mol. The first-order chi connectivity index (χ1) is 11.1. The van der Waals surface area contributed by atoms with Crippen molar-refractivity contribution in [3.05, 3.63) is 69.6 Å². The molecular formula is C18H21N3O2. The highest BCUT2D eigenvalue weighted by Gasteiger charge is 2.22. The van der Waals surface area contributed by atoms with Crippen molar-refractivity contribution in [3.63, 3.8) is 0 Å². The Hall–Kier alpha value is -2.40. The second-order valence-corrected chi connectivity index (χ2v) is 6.00. The van der Waals surface area contributed by atoms with Gasteiger partial charge in [0, 0.05) is 50.6 Å². The number of aryl methyl sites for hydroxylation is 1. The molecule has 2 aromatic rings. The lowest BCUT2D eigenvalue weighted by Crippen LogP contribution is -2.48. The van der Waals surface area contributed by atoms with Crippen LogP contribution >= 0.6 is 0 Å². The highest BCUT2D eigenvalue weighted by Crippen LogP contribution is 2.12. The van der Waals surface area contributed by atoms with Crippen LogP contribution < -0.4 is 5.56 Å². The number of aromatic nitrogens is 1. The van der Waals surface area contributed by atoms with Crippen molar-refractivity contribution in [3.8, 4) is 0 Å². The minimum absolute atomic E-state index is 0.0812. The highest BCUT2D eigenvalue weighted by molar-refractivity contribution is 5.94. The van der Waals surface area contributed by atoms with Gasteiger partial charge in [0.1, 0.15) is 0 Å². The number of nitrogens with one attached hydrogen (secondary N) is 1. The predicted octanol–water partition coefficient (Wildman–Crippen LogP) is 1.64. The Kier molecular flexibility index (Phi) is 4.57. The number of aromatic amines is 1. The summed E-state index contributed by atoms with van der Waals surface area (Å²) in [6.07, 6.45) is 1.76. The molecule has 1 saturated heterocycles. The van der Waals surface area contributed by atoms with E-state index >= 15 is 0 Å². The summed E-state index contributed by atoms with van der Waals surface area (Å²) in [4.78, 5) is 30.5. The number of amides is 1. The molecule has 2 heterocycles. The second kappa shape index (κ2) is 6.79. The maximum Gasteiger partial charge on any atom is 0.253 e. The van der Waals surface area contributed by atoms with E-state index in [-0.39, 0.29) is 11.5 Å². The Morgan fingerprint density at radius 3 is 2.57 bits per heavy atom. The van der Waals surface area contributed by atoms with Crippen LogP contribution in [0.15, 0.2) is 47.4 Å². The fourth-order valence-corrected chi connectivity index (χ4v) is 2.87. The van der Waals surface area contributed by atoms with E-state index in [1.807, 2.05) is 42.2 Å². The number of piperazine rings is 1. The lowest BCUT2D eigenvalue weighted by Gasteiger charge is -2.34. The number of carbonyl (C=O) groups excluding carboxylic acids is 1. The maximum atomic E-state index is 12.5. The third kappa shape index (κ3) is 3.87. The first-order valence-electron chi connectivity index (χ1n) is 7.88. The van der Waals surface area contributed by atoms with Gasteiger partial charge in [-0.15, -0.1) is 0 Å². The molecule has 0 radical (unpaired) electrons. The Bertz CT molecular complexity index is 725. The zero-order valence-corrected chi connectivity index (χ0v) is 13.3. The summed E-state index contributed by atoms with van der Waals surface area (Å²) in [5.41, 5.74) is 2.87. The molecule has 5 nitrogen and oxygen atoms in total. The third-order valence-electron chi connectivity index (χ3n) is 4.18. The fraction of sp³-hybridized carbons (Fsp3) is 0.333. The zero-order valence-electron chi connectivity index (χ0n) is 13.3. The molecule has 0 spiro atoms. The third-order valence-corrected chi connectivity index (χ3v) is 4.18. The summed E-state index contributed by atoms with van der Waals surface area (Å²) in [6.45, 7) is 5.95. The standard InChI is InChI=1S/C18H21N3O2/c1-14-3-2-4-16(11-14)18(23)21-9-7-20(8-10-21)13-15-5-6-17(22)19-12-15/h2-6,11-12H,7-10,13H2,1H3,(H,19,22). The molecule has 0 aliphatic carbocycles. The van der Waals surface area contributed by atoms with Crippen molar-refractivity contribution in [1.29, 1.82) is 0 Å².